The molecule has 0 saturated carbocycles. The van der Waals surface area contributed by atoms with Crippen LogP contribution in [0.2, 0.25) is 0 Å². The van der Waals surface area contributed by atoms with Crippen LogP contribution in [0.1, 0.15) is 12.0 Å². The topological polar surface area (TPSA) is 25.8 Å². The third-order valence-electron chi connectivity index (χ3n) is 4.90. The Morgan fingerprint density at radius 1 is 0.778 bits per heavy atom. The van der Waals surface area contributed by atoms with Crippen LogP contribution in [0, 0.1) is 12.1 Å². The van der Waals surface area contributed by atoms with E-state index in [1.54, 1.807) is 0 Å². The molecular formula is C25H16N2. The SMILES string of the molecule is c1ccc(-c2ccnc3c2ccc2c(C4=CCC=CC=C4)ccnc23)cc#1. The first-order valence-corrected chi connectivity index (χ1v) is 9.00. The second kappa shape index (κ2) is 6.55. The number of aromatic nitrogens is 2. The molecule has 0 amide bonds. The summed E-state index contributed by atoms with van der Waals surface area (Å²) in [5.41, 5.74) is 6.52. The van der Waals surface area contributed by atoms with Crippen molar-refractivity contribution in [1.29, 1.82) is 0 Å². The van der Waals surface area contributed by atoms with Gasteiger partial charge in [0, 0.05) is 23.2 Å². The molecular weight excluding hydrogens is 328 g/mol. The summed E-state index contributed by atoms with van der Waals surface area (Å²) < 4.78 is 0. The summed E-state index contributed by atoms with van der Waals surface area (Å²) in [4.78, 5) is 9.35. The average Bonchev–Trinajstić information content (AvgIpc) is 3.03. The summed E-state index contributed by atoms with van der Waals surface area (Å²) in [6, 6.07) is 20.3. The number of hydrogen-bond acceptors (Lipinski definition) is 2. The van der Waals surface area contributed by atoms with Gasteiger partial charge in [-0.25, -0.2) is 0 Å². The van der Waals surface area contributed by atoms with Crippen molar-refractivity contribution < 1.29 is 0 Å². The molecule has 1 aliphatic rings. The molecule has 0 unspecified atom stereocenters. The van der Waals surface area contributed by atoms with E-state index in [0.717, 1.165) is 39.4 Å². The van der Waals surface area contributed by atoms with Crippen molar-refractivity contribution >= 4 is 27.4 Å². The number of rotatable bonds is 2. The van der Waals surface area contributed by atoms with Crippen LogP contribution in [-0.4, -0.2) is 9.97 Å². The molecule has 4 aromatic rings. The summed E-state index contributed by atoms with van der Waals surface area (Å²) in [7, 11) is 0. The molecule has 0 atom stereocenters. The molecule has 0 spiro atoms. The first-order chi connectivity index (χ1) is 13.4. The lowest BCUT2D eigenvalue weighted by molar-refractivity contribution is 1.36. The molecule has 0 radical (unpaired) electrons. The Kier molecular flexibility index (Phi) is 3.77. The number of allylic oxidation sites excluding steroid dienone is 6. The monoisotopic (exact) mass is 344 g/mol. The molecule has 2 heterocycles. The molecule has 2 heteroatoms. The maximum Gasteiger partial charge on any atom is 0.0970 e. The van der Waals surface area contributed by atoms with Gasteiger partial charge in [0.1, 0.15) is 0 Å². The summed E-state index contributed by atoms with van der Waals surface area (Å²) in [5, 5.41) is 2.22. The predicted octanol–water partition coefficient (Wildman–Crippen LogP) is 5.95. The molecule has 0 bridgehead atoms. The third kappa shape index (κ3) is 2.70. The largest absolute Gasteiger partial charge is 0.254 e. The zero-order chi connectivity index (χ0) is 18.1. The lowest BCUT2D eigenvalue weighted by Gasteiger charge is -2.11. The highest BCUT2D eigenvalue weighted by Gasteiger charge is 2.12. The van der Waals surface area contributed by atoms with Gasteiger partial charge >= 0.3 is 0 Å². The zero-order valence-corrected chi connectivity index (χ0v) is 14.7. The highest BCUT2D eigenvalue weighted by molar-refractivity contribution is 6.10. The van der Waals surface area contributed by atoms with E-state index >= 15 is 0 Å². The second-order valence-corrected chi connectivity index (χ2v) is 6.48. The highest BCUT2D eigenvalue weighted by Crippen LogP contribution is 2.33. The van der Waals surface area contributed by atoms with Gasteiger partial charge in [-0.1, -0.05) is 54.6 Å². The Balaban J connectivity index is 1.78. The molecule has 126 valence electrons. The van der Waals surface area contributed by atoms with Gasteiger partial charge < -0.3 is 0 Å². The molecule has 0 fully saturated rings. The normalized spacial score (nSPS) is 13.4. The van der Waals surface area contributed by atoms with Crippen LogP contribution in [0.15, 0.2) is 85.2 Å². The molecule has 2 aromatic heterocycles. The van der Waals surface area contributed by atoms with Crippen molar-refractivity contribution in [2.45, 2.75) is 6.42 Å². The lowest BCUT2D eigenvalue weighted by atomic mass is 9.96. The lowest BCUT2D eigenvalue weighted by Crippen LogP contribution is -1.91. The summed E-state index contributed by atoms with van der Waals surface area (Å²) in [6.07, 6.45) is 15.4. The minimum atomic E-state index is 0.927. The minimum absolute atomic E-state index is 0.927. The van der Waals surface area contributed by atoms with Gasteiger partial charge in [-0.2, -0.15) is 0 Å². The van der Waals surface area contributed by atoms with E-state index in [9.17, 15) is 0 Å². The molecule has 27 heavy (non-hydrogen) atoms. The summed E-state index contributed by atoms with van der Waals surface area (Å²) in [5.74, 6) is 0. The van der Waals surface area contributed by atoms with E-state index in [1.807, 2.05) is 36.7 Å². The van der Waals surface area contributed by atoms with Gasteiger partial charge in [0.25, 0.3) is 0 Å². The van der Waals surface area contributed by atoms with Gasteiger partial charge in [-0.05, 0) is 59.0 Å². The Morgan fingerprint density at radius 2 is 1.56 bits per heavy atom. The number of fused-ring (bicyclic) bond motifs is 3. The van der Waals surface area contributed by atoms with E-state index in [-0.39, 0.29) is 0 Å². The van der Waals surface area contributed by atoms with E-state index in [0.29, 0.717) is 0 Å². The maximum absolute atomic E-state index is 4.68. The Hall–Kier alpha value is -3.70. The van der Waals surface area contributed by atoms with Gasteiger partial charge in [-0.3, -0.25) is 9.97 Å². The van der Waals surface area contributed by atoms with Crippen molar-refractivity contribution in [2.24, 2.45) is 0 Å². The fourth-order valence-electron chi connectivity index (χ4n) is 3.63. The van der Waals surface area contributed by atoms with E-state index < -0.39 is 0 Å². The first-order valence-electron chi connectivity index (χ1n) is 9.00. The zero-order valence-electron chi connectivity index (χ0n) is 14.7. The van der Waals surface area contributed by atoms with Crippen LogP contribution in [0.5, 0.6) is 0 Å². The standard InChI is InChI=1S/C25H16N2/c1-2-5-9-18(8-4-1)20-14-16-26-24-22(20)12-13-23-21(15-17-27-25(23)24)19-10-6-3-7-11-19/h1-2,4,6,8-17H,5H2. The van der Waals surface area contributed by atoms with Crippen molar-refractivity contribution in [3.8, 4) is 11.1 Å². The van der Waals surface area contributed by atoms with E-state index in [2.05, 4.69) is 70.7 Å². The summed E-state index contributed by atoms with van der Waals surface area (Å²) in [6.45, 7) is 0. The number of nitrogens with zero attached hydrogens (tertiary/aromatic N) is 2. The minimum Gasteiger partial charge on any atom is -0.254 e. The van der Waals surface area contributed by atoms with Crippen LogP contribution in [0.25, 0.3) is 38.5 Å². The number of pyridine rings is 2. The van der Waals surface area contributed by atoms with Crippen molar-refractivity contribution in [2.75, 3.05) is 0 Å². The molecule has 0 saturated heterocycles. The maximum atomic E-state index is 4.68. The fraction of sp³-hybridized carbons (Fsp3) is 0.0400. The molecule has 2 nitrogen and oxygen atoms in total. The van der Waals surface area contributed by atoms with Crippen LogP contribution in [0.4, 0.5) is 0 Å². The van der Waals surface area contributed by atoms with E-state index in [4.69, 9.17) is 0 Å². The Bertz CT molecular complexity index is 1230. The fourth-order valence-corrected chi connectivity index (χ4v) is 3.63. The first kappa shape index (κ1) is 15.5. The Labute approximate surface area is 158 Å². The van der Waals surface area contributed by atoms with Crippen LogP contribution in [-0.2, 0) is 0 Å². The van der Waals surface area contributed by atoms with Crippen molar-refractivity contribution in [3.63, 3.8) is 0 Å². The molecule has 5 rings (SSSR count). The number of benzene rings is 1. The molecule has 0 N–H and O–H groups in total. The van der Waals surface area contributed by atoms with Crippen molar-refractivity contribution in [3.05, 3.63) is 103 Å². The van der Waals surface area contributed by atoms with Gasteiger partial charge in [0.05, 0.1) is 11.0 Å². The van der Waals surface area contributed by atoms with Crippen LogP contribution >= 0.6 is 0 Å². The van der Waals surface area contributed by atoms with Crippen LogP contribution < -0.4 is 0 Å². The Morgan fingerprint density at radius 3 is 2.33 bits per heavy atom. The highest BCUT2D eigenvalue weighted by atomic mass is 14.7. The number of hydrogen-bond donors (Lipinski definition) is 0. The predicted molar refractivity (Wildman–Crippen MR) is 111 cm³/mol. The van der Waals surface area contributed by atoms with Gasteiger partial charge in [0.15, 0.2) is 0 Å². The second-order valence-electron chi connectivity index (χ2n) is 6.48. The summed E-state index contributed by atoms with van der Waals surface area (Å²) >= 11 is 0. The average molecular weight is 344 g/mol. The molecule has 0 aliphatic heterocycles. The van der Waals surface area contributed by atoms with Gasteiger partial charge in [0.2, 0.25) is 0 Å². The molecule has 1 aliphatic carbocycles. The van der Waals surface area contributed by atoms with E-state index in [1.165, 1.54) is 11.1 Å². The molecule has 2 aromatic carbocycles. The van der Waals surface area contributed by atoms with Crippen LogP contribution in [0.3, 0.4) is 0 Å². The third-order valence-corrected chi connectivity index (χ3v) is 4.90. The van der Waals surface area contributed by atoms with Gasteiger partial charge in [-0.15, -0.1) is 0 Å². The van der Waals surface area contributed by atoms with Crippen molar-refractivity contribution in [1.82, 2.24) is 9.97 Å². The quantitative estimate of drug-likeness (QED) is 0.420. The smallest absolute Gasteiger partial charge is 0.0970 e.